The Labute approximate surface area is 210 Å². The van der Waals surface area contributed by atoms with Gasteiger partial charge < -0.3 is 10.0 Å². The second kappa shape index (κ2) is 8.99. The molecule has 0 spiro atoms. The molecule has 11 heteroatoms. The molecule has 0 saturated heterocycles. The van der Waals surface area contributed by atoms with Crippen LogP contribution in [-0.2, 0) is 11.0 Å². The number of anilines is 1. The maximum absolute atomic E-state index is 13.3. The molecule has 0 saturated carbocycles. The lowest BCUT2D eigenvalue weighted by molar-refractivity contribution is -0.138. The average molecular weight is 602 g/mol. The molecule has 1 N–H and O–H groups in total. The molecule has 6 nitrogen and oxygen atoms in total. The predicted molar refractivity (Wildman–Crippen MR) is 131 cm³/mol. The highest BCUT2D eigenvalue weighted by atomic mass is 79.9. The molecule has 0 aliphatic carbocycles. The molecule has 3 heterocycles. The first kappa shape index (κ1) is 24.7. The van der Waals surface area contributed by atoms with Crippen molar-refractivity contribution in [3.8, 4) is 5.69 Å². The summed E-state index contributed by atoms with van der Waals surface area (Å²) in [5.41, 5.74) is 2.99. The molecule has 1 aliphatic rings. The van der Waals surface area contributed by atoms with Crippen molar-refractivity contribution >= 4 is 54.7 Å². The van der Waals surface area contributed by atoms with E-state index in [0.29, 0.717) is 36.7 Å². The summed E-state index contributed by atoms with van der Waals surface area (Å²) >= 11 is 6.67. The summed E-state index contributed by atoms with van der Waals surface area (Å²) in [6, 6.07) is 2.13. The number of nitrogens with zero attached hydrogens (tertiary/aromatic N) is 4. The molecule has 0 atom stereocenters. The minimum absolute atomic E-state index is 0.0243. The lowest BCUT2D eigenvalue weighted by Crippen LogP contribution is -2.30. The van der Waals surface area contributed by atoms with Crippen LogP contribution in [0.1, 0.15) is 35.5 Å². The van der Waals surface area contributed by atoms with Crippen molar-refractivity contribution in [1.29, 1.82) is 0 Å². The van der Waals surface area contributed by atoms with E-state index in [4.69, 9.17) is 10.1 Å². The SMILES string of the molecule is Cc1nc(N2CC=C(CC(=O)O)CC2)c2c(C)c(C)n(-c3c(Br)cc(C(F)(F)F)cc3Br)c2n1. The number of aryl methyl sites for hydroxylation is 2. The van der Waals surface area contributed by atoms with E-state index in [2.05, 4.69) is 41.7 Å². The minimum Gasteiger partial charge on any atom is -0.481 e. The monoisotopic (exact) mass is 600 g/mol. The predicted octanol–water partition coefficient (Wildman–Crippen LogP) is 6.50. The molecular formula is C23H21Br2F3N4O2. The van der Waals surface area contributed by atoms with Crippen LogP contribution >= 0.6 is 31.9 Å². The largest absolute Gasteiger partial charge is 0.481 e. The summed E-state index contributed by atoms with van der Waals surface area (Å²) in [5.74, 6) is 0.406. The highest BCUT2D eigenvalue weighted by molar-refractivity contribution is 9.11. The topological polar surface area (TPSA) is 71.2 Å². The zero-order chi connectivity index (χ0) is 24.9. The number of carboxylic acids is 1. The maximum atomic E-state index is 13.3. The van der Waals surface area contributed by atoms with Crippen molar-refractivity contribution in [1.82, 2.24) is 14.5 Å². The summed E-state index contributed by atoms with van der Waals surface area (Å²) in [4.78, 5) is 22.5. The molecule has 0 fully saturated rings. The van der Waals surface area contributed by atoms with Gasteiger partial charge in [0.05, 0.1) is 23.1 Å². The Morgan fingerprint density at radius 3 is 2.32 bits per heavy atom. The van der Waals surface area contributed by atoms with Crippen molar-refractivity contribution in [2.24, 2.45) is 0 Å². The first-order valence-electron chi connectivity index (χ1n) is 10.5. The van der Waals surface area contributed by atoms with Gasteiger partial charge in [0, 0.05) is 27.7 Å². The molecule has 0 unspecified atom stereocenters. The fourth-order valence-corrected chi connectivity index (χ4v) is 5.79. The molecular weight excluding hydrogens is 581 g/mol. The van der Waals surface area contributed by atoms with E-state index >= 15 is 0 Å². The number of rotatable bonds is 4. The van der Waals surface area contributed by atoms with Gasteiger partial charge in [0.1, 0.15) is 11.6 Å². The number of alkyl halides is 3. The van der Waals surface area contributed by atoms with Crippen LogP contribution in [0.15, 0.2) is 32.7 Å². The third kappa shape index (κ3) is 4.47. The molecule has 1 aromatic carbocycles. The molecule has 180 valence electrons. The summed E-state index contributed by atoms with van der Waals surface area (Å²) in [5, 5.41) is 9.88. The summed E-state index contributed by atoms with van der Waals surface area (Å²) in [6.45, 7) is 6.75. The third-order valence-corrected chi connectivity index (χ3v) is 7.21. The van der Waals surface area contributed by atoms with Crippen LogP contribution in [0.25, 0.3) is 16.7 Å². The fourth-order valence-electron chi connectivity index (χ4n) is 4.25. The Balaban J connectivity index is 1.89. The van der Waals surface area contributed by atoms with Crippen LogP contribution in [0.5, 0.6) is 0 Å². The van der Waals surface area contributed by atoms with Crippen LogP contribution in [-0.4, -0.2) is 38.7 Å². The molecule has 0 bridgehead atoms. The van der Waals surface area contributed by atoms with Crippen molar-refractivity contribution in [3.05, 3.63) is 55.4 Å². The summed E-state index contributed by atoms with van der Waals surface area (Å²) < 4.78 is 42.4. The number of benzene rings is 1. The molecule has 4 rings (SSSR count). The molecule has 0 radical (unpaired) electrons. The van der Waals surface area contributed by atoms with Crippen molar-refractivity contribution in [2.75, 3.05) is 18.0 Å². The van der Waals surface area contributed by atoms with E-state index in [1.54, 1.807) is 6.92 Å². The summed E-state index contributed by atoms with van der Waals surface area (Å²) in [6.07, 6.45) is -1.91. The number of halogens is 5. The van der Waals surface area contributed by atoms with Gasteiger partial charge in [-0.15, -0.1) is 0 Å². The van der Waals surface area contributed by atoms with Crippen molar-refractivity contribution in [3.63, 3.8) is 0 Å². The molecule has 34 heavy (non-hydrogen) atoms. The molecule has 2 aromatic heterocycles. The number of hydrogen-bond donors (Lipinski definition) is 1. The van der Waals surface area contributed by atoms with Crippen molar-refractivity contribution < 1.29 is 23.1 Å². The maximum Gasteiger partial charge on any atom is 0.416 e. The van der Waals surface area contributed by atoms with E-state index < -0.39 is 17.7 Å². The highest BCUT2D eigenvalue weighted by Crippen LogP contribution is 2.41. The van der Waals surface area contributed by atoms with Gasteiger partial charge in [0.25, 0.3) is 0 Å². The van der Waals surface area contributed by atoms with E-state index in [-0.39, 0.29) is 15.4 Å². The number of hydrogen-bond acceptors (Lipinski definition) is 4. The van der Waals surface area contributed by atoms with Gasteiger partial charge >= 0.3 is 12.1 Å². The zero-order valence-electron chi connectivity index (χ0n) is 18.6. The van der Waals surface area contributed by atoms with Crippen LogP contribution < -0.4 is 4.90 Å². The van der Waals surface area contributed by atoms with E-state index in [1.165, 1.54) is 0 Å². The average Bonchev–Trinajstić information content (AvgIpc) is 2.97. The van der Waals surface area contributed by atoms with Gasteiger partial charge in [0.2, 0.25) is 0 Å². The van der Waals surface area contributed by atoms with E-state index in [1.807, 2.05) is 24.5 Å². The quantitative estimate of drug-likeness (QED) is 0.346. The zero-order valence-corrected chi connectivity index (χ0v) is 21.8. The highest BCUT2D eigenvalue weighted by Gasteiger charge is 2.33. The minimum atomic E-state index is -4.47. The Morgan fingerprint density at radius 2 is 1.79 bits per heavy atom. The lowest BCUT2D eigenvalue weighted by atomic mass is 10.0. The van der Waals surface area contributed by atoms with Gasteiger partial charge in [-0.25, -0.2) is 9.97 Å². The lowest BCUT2D eigenvalue weighted by Gasteiger charge is -2.28. The third-order valence-electron chi connectivity index (χ3n) is 6.00. The Bertz CT molecular complexity index is 1330. The van der Waals surface area contributed by atoms with Gasteiger partial charge in [-0.05, 0) is 76.7 Å². The van der Waals surface area contributed by atoms with Gasteiger partial charge in [-0.2, -0.15) is 13.2 Å². The number of aliphatic carboxylic acids is 1. The Hall–Kier alpha value is -2.40. The number of carbonyl (C=O) groups is 1. The van der Waals surface area contributed by atoms with Crippen molar-refractivity contribution in [2.45, 2.75) is 39.8 Å². The number of fused-ring (bicyclic) bond motifs is 1. The smallest absolute Gasteiger partial charge is 0.416 e. The van der Waals surface area contributed by atoms with Gasteiger partial charge in [0.15, 0.2) is 5.65 Å². The normalized spacial score (nSPS) is 14.6. The molecule has 1 aliphatic heterocycles. The molecule has 3 aromatic rings. The van der Waals surface area contributed by atoms with Gasteiger partial charge in [-0.1, -0.05) is 11.6 Å². The molecule has 0 amide bonds. The van der Waals surface area contributed by atoms with Crippen LogP contribution in [0, 0.1) is 20.8 Å². The number of aromatic nitrogens is 3. The Morgan fingerprint density at radius 1 is 1.15 bits per heavy atom. The second-order valence-corrected chi connectivity index (χ2v) is 9.96. The van der Waals surface area contributed by atoms with E-state index in [9.17, 15) is 18.0 Å². The van der Waals surface area contributed by atoms with E-state index in [0.717, 1.165) is 40.2 Å². The first-order valence-corrected chi connectivity index (χ1v) is 12.0. The van der Waals surface area contributed by atoms with Crippen LogP contribution in [0.3, 0.4) is 0 Å². The van der Waals surface area contributed by atoms with Gasteiger partial charge in [-0.3, -0.25) is 9.36 Å². The van der Waals surface area contributed by atoms with Crippen LogP contribution in [0.4, 0.5) is 19.0 Å². The Kier molecular flexibility index (Phi) is 6.54. The fraction of sp³-hybridized carbons (Fsp3) is 0.348. The first-order chi connectivity index (χ1) is 15.9. The summed E-state index contributed by atoms with van der Waals surface area (Å²) in [7, 11) is 0. The number of carboxylic acid groups (broad SMARTS) is 1. The van der Waals surface area contributed by atoms with Crippen LogP contribution in [0.2, 0.25) is 0 Å². The second-order valence-electron chi connectivity index (χ2n) is 8.25. The standard InChI is InChI=1S/C23H21Br2F3N4O2/c1-11-12(2)32(20-16(24)9-15(10-17(20)25)23(26,27)28)22-19(11)21(29-13(3)30-22)31-6-4-14(5-7-31)8-18(33)34/h4,9-10H,5-8H2,1-3H3,(H,33,34).